The zero-order valence-electron chi connectivity index (χ0n) is 18.6. The van der Waals surface area contributed by atoms with Crippen molar-refractivity contribution in [1.29, 1.82) is 0 Å². The van der Waals surface area contributed by atoms with Crippen molar-refractivity contribution < 1.29 is 9.59 Å². The molecule has 3 aromatic carbocycles. The van der Waals surface area contributed by atoms with Gasteiger partial charge in [0.2, 0.25) is 10.8 Å². The molecule has 0 N–H and O–H groups in total. The van der Waals surface area contributed by atoms with Crippen LogP contribution in [0.4, 0.5) is 11.4 Å². The molecule has 1 spiro atoms. The Balaban J connectivity index is 1.31. The summed E-state index contributed by atoms with van der Waals surface area (Å²) >= 11 is 3.12. The van der Waals surface area contributed by atoms with Gasteiger partial charge in [0.05, 0.1) is 21.7 Å². The number of hydrogen-bond acceptors (Lipinski definition) is 5. The molecule has 1 fully saturated rings. The van der Waals surface area contributed by atoms with Gasteiger partial charge in [0.1, 0.15) is 5.01 Å². The summed E-state index contributed by atoms with van der Waals surface area (Å²) in [5.74, 6) is 0.275. The number of benzene rings is 3. The molecule has 3 aliphatic heterocycles. The first-order valence-electron chi connectivity index (χ1n) is 11.5. The van der Waals surface area contributed by atoms with Crippen LogP contribution in [0.25, 0.3) is 20.8 Å². The largest absolute Gasteiger partial charge is 0.309 e. The van der Waals surface area contributed by atoms with Crippen molar-refractivity contribution in [2.75, 3.05) is 22.1 Å². The Labute approximate surface area is 205 Å². The fourth-order valence-electron chi connectivity index (χ4n) is 5.49. The average Bonchev–Trinajstić information content (AvgIpc) is 3.50. The molecule has 1 aromatic heterocycles. The normalized spacial score (nSPS) is 21.2. The third kappa shape index (κ3) is 2.65. The number of thiazole rings is 1. The Morgan fingerprint density at radius 3 is 2.74 bits per heavy atom. The highest BCUT2D eigenvalue weighted by molar-refractivity contribution is 8.02. The van der Waals surface area contributed by atoms with E-state index in [-0.39, 0.29) is 11.8 Å². The Bertz CT molecular complexity index is 1510. The summed E-state index contributed by atoms with van der Waals surface area (Å²) in [6.07, 6.45) is 1.92. The lowest BCUT2D eigenvalue weighted by Gasteiger charge is -2.33. The van der Waals surface area contributed by atoms with Gasteiger partial charge in [-0.05, 0) is 67.3 Å². The predicted octanol–water partition coefficient (Wildman–Crippen LogP) is 5.50. The standard InChI is InChI=1S/C27H21N3O2S2/c1-16-7-12-21-22(14-16)34-25(28-21)18-8-10-19(11-9-18)30-23(31)15-33-27(30)20-6-2-4-17-5-3-13-29(24(17)20)26(27)32/h2,4,6-12,14H,3,5,13,15H2,1H3/t27-/m0/s1. The topological polar surface area (TPSA) is 53.5 Å². The number of amides is 2. The summed E-state index contributed by atoms with van der Waals surface area (Å²) in [6, 6.07) is 20.4. The maximum atomic E-state index is 13.9. The van der Waals surface area contributed by atoms with Crippen LogP contribution in [-0.4, -0.2) is 29.1 Å². The molecule has 0 saturated carbocycles. The molecule has 168 valence electrons. The molecule has 5 nitrogen and oxygen atoms in total. The fourth-order valence-corrected chi connectivity index (χ4v) is 7.91. The quantitative estimate of drug-likeness (QED) is 0.378. The number of thioether (sulfide) groups is 1. The summed E-state index contributed by atoms with van der Waals surface area (Å²) in [5.41, 5.74) is 7.15. The molecular weight excluding hydrogens is 462 g/mol. The Hall–Kier alpha value is -3.16. The van der Waals surface area contributed by atoms with Gasteiger partial charge in [0.15, 0.2) is 0 Å². The van der Waals surface area contributed by atoms with Crippen molar-refractivity contribution in [3.05, 3.63) is 77.4 Å². The van der Waals surface area contributed by atoms with Crippen molar-refractivity contribution in [3.63, 3.8) is 0 Å². The SMILES string of the molecule is Cc1ccc2nc(-c3ccc(N4C(=O)CS[C@@]45C(=O)N4CCCc6cccc5c64)cc3)sc2c1. The van der Waals surface area contributed by atoms with Gasteiger partial charge < -0.3 is 4.90 Å². The second-order valence-electron chi connectivity index (χ2n) is 9.07. The Morgan fingerprint density at radius 2 is 1.88 bits per heavy atom. The third-order valence-electron chi connectivity index (χ3n) is 7.00. The van der Waals surface area contributed by atoms with Gasteiger partial charge in [0.25, 0.3) is 5.91 Å². The van der Waals surface area contributed by atoms with E-state index in [9.17, 15) is 9.59 Å². The monoisotopic (exact) mass is 483 g/mol. The number of aryl methyl sites for hydroxylation is 2. The molecule has 34 heavy (non-hydrogen) atoms. The zero-order chi connectivity index (χ0) is 23.0. The van der Waals surface area contributed by atoms with E-state index < -0.39 is 4.87 Å². The first kappa shape index (κ1) is 20.2. The number of nitrogens with zero attached hydrogens (tertiary/aromatic N) is 3. The number of para-hydroxylation sites is 1. The highest BCUT2D eigenvalue weighted by Crippen LogP contribution is 2.57. The fraction of sp³-hybridized carbons (Fsp3) is 0.222. The molecule has 4 aromatic rings. The van der Waals surface area contributed by atoms with Crippen LogP contribution in [-0.2, 0) is 20.9 Å². The predicted molar refractivity (Wildman–Crippen MR) is 139 cm³/mol. The Kier molecular flexibility index (Phi) is 4.27. The summed E-state index contributed by atoms with van der Waals surface area (Å²) in [7, 11) is 0. The van der Waals surface area contributed by atoms with Gasteiger partial charge in [-0.2, -0.15) is 0 Å². The lowest BCUT2D eigenvalue weighted by atomic mass is 9.98. The van der Waals surface area contributed by atoms with Crippen LogP contribution in [0.2, 0.25) is 0 Å². The van der Waals surface area contributed by atoms with E-state index in [1.54, 1.807) is 16.2 Å². The van der Waals surface area contributed by atoms with Crippen molar-refractivity contribution in [1.82, 2.24) is 4.98 Å². The molecule has 4 heterocycles. The van der Waals surface area contributed by atoms with Gasteiger partial charge >= 0.3 is 0 Å². The molecular formula is C27H21N3O2S2. The van der Waals surface area contributed by atoms with E-state index >= 15 is 0 Å². The number of carbonyl (C=O) groups excluding carboxylic acids is 2. The molecule has 0 radical (unpaired) electrons. The van der Waals surface area contributed by atoms with E-state index in [1.165, 1.54) is 27.6 Å². The van der Waals surface area contributed by atoms with Crippen molar-refractivity contribution in [2.45, 2.75) is 24.6 Å². The summed E-state index contributed by atoms with van der Waals surface area (Å²) < 4.78 is 1.17. The van der Waals surface area contributed by atoms with Crippen LogP contribution in [0.15, 0.2) is 60.7 Å². The summed E-state index contributed by atoms with van der Waals surface area (Å²) in [6.45, 7) is 2.80. The lowest BCUT2D eigenvalue weighted by Crippen LogP contribution is -2.50. The maximum absolute atomic E-state index is 13.9. The van der Waals surface area contributed by atoms with Crippen LogP contribution in [0.3, 0.4) is 0 Å². The minimum Gasteiger partial charge on any atom is -0.309 e. The number of hydrogen-bond donors (Lipinski definition) is 0. The van der Waals surface area contributed by atoms with Crippen molar-refractivity contribution in [2.24, 2.45) is 0 Å². The van der Waals surface area contributed by atoms with E-state index in [0.29, 0.717) is 12.3 Å². The highest BCUT2D eigenvalue weighted by atomic mass is 32.2. The van der Waals surface area contributed by atoms with Gasteiger partial charge in [0, 0.05) is 23.4 Å². The summed E-state index contributed by atoms with van der Waals surface area (Å²) in [5, 5.41) is 0.952. The smallest absolute Gasteiger partial charge is 0.268 e. The van der Waals surface area contributed by atoms with Crippen LogP contribution in [0.5, 0.6) is 0 Å². The number of carbonyl (C=O) groups is 2. The number of rotatable bonds is 2. The Morgan fingerprint density at radius 1 is 1.03 bits per heavy atom. The minimum absolute atomic E-state index is 0.0103. The third-order valence-corrected chi connectivity index (χ3v) is 9.46. The van der Waals surface area contributed by atoms with Gasteiger partial charge in [-0.1, -0.05) is 24.3 Å². The van der Waals surface area contributed by atoms with Gasteiger partial charge in [-0.25, -0.2) is 4.98 Å². The minimum atomic E-state index is -1.01. The second kappa shape index (κ2) is 7.17. The average molecular weight is 484 g/mol. The first-order valence-corrected chi connectivity index (χ1v) is 13.3. The van der Waals surface area contributed by atoms with E-state index in [0.717, 1.165) is 45.9 Å². The highest BCUT2D eigenvalue weighted by Gasteiger charge is 2.61. The van der Waals surface area contributed by atoms with Crippen LogP contribution < -0.4 is 9.80 Å². The van der Waals surface area contributed by atoms with E-state index in [4.69, 9.17) is 4.98 Å². The zero-order valence-corrected chi connectivity index (χ0v) is 20.2. The second-order valence-corrected chi connectivity index (χ2v) is 11.3. The molecule has 1 saturated heterocycles. The lowest BCUT2D eigenvalue weighted by molar-refractivity contribution is -0.123. The molecule has 2 amide bonds. The van der Waals surface area contributed by atoms with Gasteiger partial charge in [-0.3, -0.25) is 14.5 Å². The van der Waals surface area contributed by atoms with Crippen LogP contribution in [0, 0.1) is 6.92 Å². The number of anilines is 2. The van der Waals surface area contributed by atoms with Crippen LogP contribution >= 0.6 is 23.1 Å². The first-order chi connectivity index (χ1) is 16.6. The van der Waals surface area contributed by atoms with Crippen molar-refractivity contribution in [3.8, 4) is 10.6 Å². The molecule has 0 aliphatic carbocycles. The number of aromatic nitrogens is 1. The molecule has 1 atom stereocenters. The van der Waals surface area contributed by atoms with Crippen molar-refractivity contribution >= 4 is 56.5 Å². The van der Waals surface area contributed by atoms with Crippen LogP contribution in [0.1, 0.15) is 23.1 Å². The molecule has 0 bridgehead atoms. The molecule has 7 heteroatoms. The maximum Gasteiger partial charge on any atom is 0.268 e. The summed E-state index contributed by atoms with van der Waals surface area (Å²) in [4.78, 5) is 34.5. The number of fused-ring (bicyclic) bond motifs is 2. The molecule has 3 aliphatic rings. The van der Waals surface area contributed by atoms with E-state index in [2.05, 4.69) is 31.2 Å². The van der Waals surface area contributed by atoms with Gasteiger partial charge in [-0.15, -0.1) is 23.1 Å². The molecule has 0 unspecified atom stereocenters. The molecule has 7 rings (SSSR count). The van der Waals surface area contributed by atoms with E-state index in [1.807, 2.05) is 41.3 Å².